The average Bonchev–Trinajstić information content (AvgIpc) is 2.76. The van der Waals surface area contributed by atoms with Gasteiger partial charge in [-0.05, 0) is 12.8 Å². The average molecular weight is 156 g/mol. The van der Waals surface area contributed by atoms with Crippen LogP contribution in [0.1, 0.15) is 12.8 Å². The molecule has 0 aromatic carbocycles. The molecule has 2 bridgehead atoms. The summed E-state index contributed by atoms with van der Waals surface area (Å²) in [5, 5.41) is 19.1. The number of fused-ring (bicyclic) bond motifs is 2. The van der Waals surface area contributed by atoms with Crippen LogP contribution in [0, 0.1) is 11.8 Å². The minimum Gasteiger partial charge on any atom is -0.390 e. The standard InChI is InChI=1S/C8H12O3/c9-5-3-1-2-4(6(5)10)8-7(3)11-8/h3-10H,1-2H2/t3-,4+,5-,6+,7-,8+. The van der Waals surface area contributed by atoms with Crippen LogP contribution in [0.5, 0.6) is 0 Å². The Morgan fingerprint density at radius 2 is 1.36 bits per heavy atom. The molecule has 1 heterocycles. The van der Waals surface area contributed by atoms with E-state index in [1.807, 2.05) is 0 Å². The monoisotopic (exact) mass is 156 g/mol. The lowest BCUT2D eigenvalue weighted by Crippen LogP contribution is -2.52. The van der Waals surface area contributed by atoms with Gasteiger partial charge in [-0.2, -0.15) is 0 Å². The van der Waals surface area contributed by atoms with Crippen LogP contribution in [0.2, 0.25) is 0 Å². The number of ether oxygens (including phenoxy) is 1. The number of aliphatic hydroxyl groups is 2. The fourth-order valence-corrected chi connectivity index (χ4v) is 2.78. The maximum Gasteiger partial charge on any atom is 0.0899 e. The first kappa shape index (κ1) is 6.40. The predicted octanol–water partition coefficient (Wildman–Crippen LogP) is -0.485. The molecule has 0 radical (unpaired) electrons. The lowest BCUT2D eigenvalue weighted by atomic mass is 9.67. The van der Waals surface area contributed by atoms with Gasteiger partial charge >= 0.3 is 0 Å². The Balaban J connectivity index is 1.94. The Kier molecular flexibility index (Phi) is 1.04. The van der Waals surface area contributed by atoms with Crippen molar-refractivity contribution in [2.75, 3.05) is 0 Å². The van der Waals surface area contributed by atoms with Crippen LogP contribution in [-0.2, 0) is 4.74 Å². The minimum atomic E-state index is -0.516. The van der Waals surface area contributed by atoms with E-state index in [1.54, 1.807) is 0 Å². The van der Waals surface area contributed by atoms with Crippen LogP contribution in [0.25, 0.3) is 0 Å². The molecule has 0 unspecified atom stereocenters. The van der Waals surface area contributed by atoms with Gasteiger partial charge in [0, 0.05) is 11.8 Å². The van der Waals surface area contributed by atoms with Gasteiger partial charge < -0.3 is 14.9 Å². The molecule has 3 nitrogen and oxygen atoms in total. The molecule has 2 N–H and O–H groups in total. The molecule has 1 aliphatic heterocycles. The second kappa shape index (κ2) is 1.79. The molecular weight excluding hydrogens is 144 g/mol. The van der Waals surface area contributed by atoms with Crippen molar-refractivity contribution in [1.29, 1.82) is 0 Å². The molecular formula is C8H12O3. The minimum absolute atomic E-state index is 0.222. The molecule has 0 amide bonds. The van der Waals surface area contributed by atoms with Gasteiger partial charge in [0.15, 0.2) is 0 Å². The zero-order valence-electron chi connectivity index (χ0n) is 6.18. The van der Waals surface area contributed by atoms with Crippen molar-refractivity contribution in [1.82, 2.24) is 0 Å². The summed E-state index contributed by atoms with van der Waals surface area (Å²) in [6.45, 7) is 0. The van der Waals surface area contributed by atoms with Gasteiger partial charge in [-0.15, -0.1) is 0 Å². The Morgan fingerprint density at radius 1 is 0.909 bits per heavy atom. The maximum atomic E-state index is 9.53. The van der Waals surface area contributed by atoms with Crippen molar-refractivity contribution in [2.24, 2.45) is 11.8 Å². The van der Waals surface area contributed by atoms with Crippen molar-refractivity contribution in [3.63, 3.8) is 0 Å². The summed E-state index contributed by atoms with van der Waals surface area (Å²) in [5.74, 6) is 0.444. The van der Waals surface area contributed by atoms with Crippen molar-refractivity contribution in [2.45, 2.75) is 37.3 Å². The summed E-state index contributed by atoms with van der Waals surface area (Å²) in [6.07, 6.45) is 1.60. The van der Waals surface area contributed by atoms with E-state index in [1.165, 1.54) is 0 Å². The summed E-state index contributed by atoms with van der Waals surface area (Å²) in [4.78, 5) is 0. The normalized spacial score (nSPS) is 66.0. The Hall–Kier alpha value is -0.120. The first-order valence-corrected chi connectivity index (χ1v) is 4.30. The molecule has 62 valence electrons. The number of aliphatic hydroxyl groups excluding tert-OH is 2. The van der Waals surface area contributed by atoms with E-state index in [9.17, 15) is 10.2 Å². The molecule has 0 spiro atoms. The maximum absolute atomic E-state index is 9.53. The molecule has 4 rings (SSSR count). The van der Waals surface area contributed by atoms with Gasteiger partial charge in [0.25, 0.3) is 0 Å². The molecule has 4 fully saturated rings. The quantitative estimate of drug-likeness (QED) is 0.465. The SMILES string of the molecule is O[C@@H]1[C@H](O)[C@H]2CC[C@@H]1[C@@H]1O[C@H]21. The molecule has 3 heteroatoms. The van der Waals surface area contributed by atoms with Gasteiger partial charge in [-0.25, -0.2) is 0 Å². The third kappa shape index (κ3) is 0.643. The number of hydrogen-bond acceptors (Lipinski definition) is 3. The molecule has 3 aliphatic carbocycles. The summed E-state index contributed by atoms with van der Waals surface area (Å²) >= 11 is 0. The van der Waals surface area contributed by atoms with E-state index in [-0.39, 0.29) is 24.0 Å². The van der Waals surface area contributed by atoms with E-state index in [2.05, 4.69) is 0 Å². The van der Waals surface area contributed by atoms with E-state index in [4.69, 9.17) is 4.74 Å². The highest BCUT2D eigenvalue weighted by Gasteiger charge is 2.62. The molecule has 0 aromatic rings. The van der Waals surface area contributed by atoms with Gasteiger partial charge in [-0.3, -0.25) is 0 Å². The van der Waals surface area contributed by atoms with Crippen LogP contribution >= 0.6 is 0 Å². The summed E-state index contributed by atoms with van der Waals surface area (Å²) in [5.41, 5.74) is 0. The van der Waals surface area contributed by atoms with Gasteiger partial charge in [0.05, 0.1) is 24.4 Å². The zero-order valence-corrected chi connectivity index (χ0v) is 6.18. The molecule has 6 atom stereocenters. The van der Waals surface area contributed by atoms with Crippen LogP contribution < -0.4 is 0 Å². The third-order valence-corrected chi connectivity index (χ3v) is 3.47. The third-order valence-electron chi connectivity index (χ3n) is 3.47. The van der Waals surface area contributed by atoms with Gasteiger partial charge in [0.2, 0.25) is 0 Å². The fraction of sp³-hybridized carbons (Fsp3) is 1.00. The first-order chi connectivity index (χ1) is 5.29. The topological polar surface area (TPSA) is 53.0 Å². The van der Waals surface area contributed by atoms with Gasteiger partial charge in [-0.1, -0.05) is 0 Å². The van der Waals surface area contributed by atoms with Crippen molar-refractivity contribution in [3.8, 4) is 0 Å². The first-order valence-electron chi connectivity index (χ1n) is 4.30. The fourth-order valence-electron chi connectivity index (χ4n) is 2.78. The second-order valence-electron chi connectivity index (χ2n) is 3.95. The van der Waals surface area contributed by atoms with E-state index in [0.29, 0.717) is 0 Å². The smallest absolute Gasteiger partial charge is 0.0899 e. The van der Waals surface area contributed by atoms with Gasteiger partial charge in [0.1, 0.15) is 0 Å². The number of rotatable bonds is 0. The molecule has 11 heavy (non-hydrogen) atoms. The highest BCUT2D eigenvalue weighted by Crippen LogP contribution is 2.52. The Morgan fingerprint density at radius 3 is 1.82 bits per heavy atom. The summed E-state index contributed by atoms with van der Waals surface area (Å²) in [7, 11) is 0. The summed E-state index contributed by atoms with van der Waals surface area (Å²) in [6, 6.07) is 0. The van der Waals surface area contributed by atoms with E-state index in [0.717, 1.165) is 12.8 Å². The Labute approximate surface area is 65.0 Å². The second-order valence-corrected chi connectivity index (χ2v) is 3.95. The lowest BCUT2D eigenvalue weighted by molar-refractivity contribution is -0.0942. The molecule has 1 saturated heterocycles. The molecule has 0 aromatic heterocycles. The lowest BCUT2D eigenvalue weighted by Gasteiger charge is -2.40. The van der Waals surface area contributed by atoms with E-state index < -0.39 is 12.2 Å². The van der Waals surface area contributed by atoms with Crippen molar-refractivity contribution < 1.29 is 14.9 Å². The van der Waals surface area contributed by atoms with Crippen molar-refractivity contribution >= 4 is 0 Å². The number of epoxide rings is 1. The molecule has 3 saturated carbocycles. The van der Waals surface area contributed by atoms with Crippen LogP contribution in [-0.4, -0.2) is 34.6 Å². The zero-order chi connectivity index (χ0) is 7.59. The Bertz CT molecular complexity index is 174. The van der Waals surface area contributed by atoms with Crippen LogP contribution in [0.3, 0.4) is 0 Å². The predicted molar refractivity (Wildman–Crippen MR) is 36.9 cm³/mol. The highest BCUT2D eigenvalue weighted by molar-refractivity contribution is 5.10. The van der Waals surface area contributed by atoms with E-state index >= 15 is 0 Å². The van der Waals surface area contributed by atoms with Crippen molar-refractivity contribution in [3.05, 3.63) is 0 Å². The van der Waals surface area contributed by atoms with Crippen LogP contribution in [0.15, 0.2) is 0 Å². The van der Waals surface area contributed by atoms with Crippen LogP contribution in [0.4, 0.5) is 0 Å². The largest absolute Gasteiger partial charge is 0.390 e. The molecule has 4 aliphatic rings. The summed E-state index contributed by atoms with van der Waals surface area (Å²) < 4.78 is 5.39. The number of hydrogen-bond donors (Lipinski definition) is 2. The highest BCUT2D eigenvalue weighted by atomic mass is 16.6.